The van der Waals surface area contributed by atoms with Crippen LogP contribution in [-0.4, -0.2) is 47.0 Å². The third-order valence-electron chi connectivity index (χ3n) is 5.17. The van der Waals surface area contributed by atoms with E-state index >= 15 is 0 Å². The van der Waals surface area contributed by atoms with Crippen LogP contribution in [0.2, 0.25) is 0 Å². The van der Waals surface area contributed by atoms with E-state index in [0.29, 0.717) is 24.7 Å². The summed E-state index contributed by atoms with van der Waals surface area (Å²) >= 11 is 0. The second-order valence-electron chi connectivity index (χ2n) is 7.61. The second-order valence-corrected chi connectivity index (χ2v) is 7.61. The molecule has 0 unspecified atom stereocenters. The number of rotatable bonds is 6. The molecule has 2 amide bonds. The van der Waals surface area contributed by atoms with E-state index in [1.165, 1.54) is 12.1 Å². The summed E-state index contributed by atoms with van der Waals surface area (Å²) in [6.45, 7) is 2.83. The highest BCUT2D eigenvalue weighted by molar-refractivity contribution is 6.04. The number of carbonyl (C=O) groups is 3. The summed E-state index contributed by atoms with van der Waals surface area (Å²) in [5.41, 5.74) is 0.505. The zero-order valence-corrected chi connectivity index (χ0v) is 17.4. The molecule has 1 N–H and O–H groups in total. The van der Waals surface area contributed by atoms with Gasteiger partial charge in [0.2, 0.25) is 0 Å². The molecule has 1 saturated heterocycles. The van der Waals surface area contributed by atoms with Gasteiger partial charge in [-0.05, 0) is 43.0 Å². The fourth-order valence-corrected chi connectivity index (χ4v) is 3.61. The molecule has 1 aromatic heterocycles. The number of esters is 1. The van der Waals surface area contributed by atoms with E-state index in [9.17, 15) is 24.5 Å². The summed E-state index contributed by atoms with van der Waals surface area (Å²) in [6.07, 6.45) is 3.67. The van der Waals surface area contributed by atoms with Crippen molar-refractivity contribution in [2.45, 2.75) is 19.8 Å². The first-order valence-corrected chi connectivity index (χ1v) is 9.92. The van der Waals surface area contributed by atoms with Crippen molar-refractivity contribution in [3.63, 3.8) is 0 Å². The Kier molecular flexibility index (Phi) is 6.68. The topological polar surface area (TPSA) is 124 Å². The van der Waals surface area contributed by atoms with Gasteiger partial charge in [-0.25, -0.2) is 4.79 Å². The van der Waals surface area contributed by atoms with Gasteiger partial charge in [0.25, 0.3) is 17.5 Å². The number of imide groups is 1. The number of amides is 2. The van der Waals surface area contributed by atoms with Crippen molar-refractivity contribution in [3.8, 4) is 0 Å². The lowest BCUT2D eigenvalue weighted by Crippen LogP contribution is -2.35. The van der Waals surface area contributed by atoms with Gasteiger partial charge < -0.3 is 14.2 Å². The minimum Gasteiger partial charge on any atom is -0.452 e. The number of benzene rings is 1. The van der Waals surface area contributed by atoms with Crippen LogP contribution in [0, 0.1) is 16.0 Å². The third-order valence-corrected chi connectivity index (χ3v) is 5.17. The maximum atomic E-state index is 12.3. The van der Waals surface area contributed by atoms with Crippen LogP contribution in [0.3, 0.4) is 0 Å². The molecule has 2 heterocycles. The van der Waals surface area contributed by atoms with Crippen LogP contribution < -0.4 is 10.2 Å². The molecule has 1 aliphatic heterocycles. The van der Waals surface area contributed by atoms with Crippen molar-refractivity contribution in [2.24, 2.45) is 13.0 Å². The minimum absolute atomic E-state index is 0.0398. The van der Waals surface area contributed by atoms with E-state index < -0.39 is 29.3 Å². The molecule has 10 heteroatoms. The predicted octanol–water partition coefficient (Wildman–Crippen LogP) is 2.28. The molecule has 0 saturated carbocycles. The standard InChI is InChI=1S/C21H24N4O6/c1-14-5-3-10-24(12-14)16-8-7-15(11-18(16)25(29)30)21(28)31-13-19(26)22-20(27)17-6-4-9-23(17)2/h4,6-9,11,14H,3,5,10,12-13H2,1-2H3,(H,22,26,27)/t14-/m0/s1. The van der Waals surface area contributed by atoms with Crippen molar-refractivity contribution in [1.82, 2.24) is 9.88 Å². The Morgan fingerprint density at radius 2 is 2.06 bits per heavy atom. The highest BCUT2D eigenvalue weighted by Crippen LogP contribution is 2.32. The minimum atomic E-state index is -0.886. The number of aryl methyl sites for hydroxylation is 1. The lowest BCUT2D eigenvalue weighted by molar-refractivity contribution is -0.384. The number of anilines is 1. The molecule has 1 aromatic carbocycles. The zero-order chi connectivity index (χ0) is 22.5. The first kappa shape index (κ1) is 22.0. The van der Waals surface area contributed by atoms with E-state index in [-0.39, 0.29) is 16.9 Å². The highest BCUT2D eigenvalue weighted by Gasteiger charge is 2.26. The second kappa shape index (κ2) is 9.41. The number of aromatic nitrogens is 1. The van der Waals surface area contributed by atoms with Gasteiger partial charge in [0.1, 0.15) is 11.4 Å². The SMILES string of the molecule is C[C@H]1CCCN(c2ccc(C(=O)OCC(=O)NC(=O)c3cccn3C)cc2[N+](=O)[O-])C1. The van der Waals surface area contributed by atoms with E-state index in [1.807, 2.05) is 4.90 Å². The molecular weight excluding hydrogens is 404 g/mol. The van der Waals surface area contributed by atoms with Crippen LogP contribution in [0.5, 0.6) is 0 Å². The highest BCUT2D eigenvalue weighted by atomic mass is 16.6. The Morgan fingerprint density at radius 3 is 2.71 bits per heavy atom. The van der Waals surface area contributed by atoms with Crippen LogP contribution in [0.4, 0.5) is 11.4 Å². The van der Waals surface area contributed by atoms with Crippen molar-refractivity contribution in [1.29, 1.82) is 0 Å². The molecule has 10 nitrogen and oxygen atoms in total. The molecule has 0 aliphatic carbocycles. The summed E-state index contributed by atoms with van der Waals surface area (Å²) in [7, 11) is 1.65. The molecule has 0 radical (unpaired) electrons. The molecule has 2 aromatic rings. The van der Waals surface area contributed by atoms with E-state index in [4.69, 9.17) is 4.74 Å². The molecule has 3 rings (SSSR count). The number of ether oxygens (including phenoxy) is 1. The van der Waals surface area contributed by atoms with Gasteiger partial charge in [0.05, 0.1) is 10.5 Å². The largest absolute Gasteiger partial charge is 0.452 e. The summed E-state index contributed by atoms with van der Waals surface area (Å²) in [5.74, 6) is -1.88. The van der Waals surface area contributed by atoms with Gasteiger partial charge in [-0.3, -0.25) is 25.0 Å². The molecule has 1 atom stereocenters. The fourth-order valence-electron chi connectivity index (χ4n) is 3.61. The number of nitrogens with one attached hydrogen (secondary N) is 1. The number of carbonyl (C=O) groups excluding carboxylic acids is 3. The number of nitro groups is 1. The summed E-state index contributed by atoms with van der Waals surface area (Å²) in [6, 6.07) is 7.33. The van der Waals surface area contributed by atoms with Gasteiger partial charge >= 0.3 is 5.97 Å². The number of hydrogen-bond donors (Lipinski definition) is 1. The Hall–Kier alpha value is -3.69. The zero-order valence-electron chi connectivity index (χ0n) is 17.4. The Morgan fingerprint density at radius 1 is 1.29 bits per heavy atom. The quantitative estimate of drug-likeness (QED) is 0.425. The first-order chi connectivity index (χ1) is 14.8. The van der Waals surface area contributed by atoms with E-state index in [0.717, 1.165) is 18.9 Å². The maximum Gasteiger partial charge on any atom is 0.338 e. The van der Waals surface area contributed by atoms with Gasteiger partial charge in [-0.1, -0.05) is 6.92 Å². The van der Waals surface area contributed by atoms with Gasteiger partial charge in [-0.15, -0.1) is 0 Å². The molecule has 0 spiro atoms. The monoisotopic (exact) mass is 428 g/mol. The van der Waals surface area contributed by atoms with Gasteiger partial charge in [0, 0.05) is 32.4 Å². The number of piperidine rings is 1. The average Bonchev–Trinajstić information content (AvgIpc) is 3.17. The molecule has 1 aliphatic rings. The predicted molar refractivity (Wildman–Crippen MR) is 112 cm³/mol. The smallest absolute Gasteiger partial charge is 0.338 e. The average molecular weight is 428 g/mol. The van der Waals surface area contributed by atoms with Gasteiger partial charge in [0.15, 0.2) is 6.61 Å². The summed E-state index contributed by atoms with van der Waals surface area (Å²) in [4.78, 5) is 49.2. The van der Waals surface area contributed by atoms with Crippen molar-refractivity contribution >= 4 is 29.2 Å². The fraction of sp³-hybridized carbons (Fsp3) is 0.381. The third kappa shape index (κ3) is 5.27. The molecule has 31 heavy (non-hydrogen) atoms. The van der Waals surface area contributed by atoms with Crippen LogP contribution in [0.15, 0.2) is 36.5 Å². The maximum absolute atomic E-state index is 12.3. The van der Waals surface area contributed by atoms with Crippen LogP contribution in [0.25, 0.3) is 0 Å². The van der Waals surface area contributed by atoms with Gasteiger partial charge in [-0.2, -0.15) is 0 Å². The Balaban J connectivity index is 1.64. The molecular formula is C21H24N4O6. The van der Waals surface area contributed by atoms with Crippen LogP contribution in [0.1, 0.15) is 40.6 Å². The van der Waals surface area contributed by atoms with Crippen molar-refractivity contribution < 1.29 is 24.0 Å². The van der Waals surface area contributed by atoms with Crippen LogP contribution >= 0.6 is 0 Å². The van der Waals surface area contributed by atoms with Crippen LogP contribution in [-0.2, 0) is 16.6 Å². The van der Waals surface area contributed by atoms with Crippen molar-refractivity contribution in [2.75, 3.05) is 24.6 Å². The van der Waals surface area contributed by atoms with Crippen molar-refractivity contribution in [3.05, 3.63) is 57.9 Å². The molecule has 1 fully saturated rings. The number of hydrogen-bond acceptors (Lipinski definition) is 7. The first-order valence-electron chi connectivity index (χ1n) is 9.92. The number of nitrogens with zero attached hydrogens (tertiary/aromatic N) is 3. The Bertz CT molecular complexity index is 1020. The summed E-state index contributed by atoms with van der Waals surface area (Å²) < 4.78 is 6.47. The summed E-state index contributed by atoms with van der Waals surface area (Å²) in [5, 5.41) is 13.7. The normalized spacial score (nSPS) is 15.9. The van der Waals surface area contributed by atoms with E-state index in [2.05, 4.69) is 12.2 Å². The number of nitro benzene ring substituents is 1. The Labute approximate surface area is 178 Å². The van der Waals surface area contributed by atoms with E-state index in [1.54, 1.807) is 29.9 Å². The molecule has 164 valence electrons. The molecule has 0 bridgehead atoms. The lowest BCUT2D eigenvalue weighted by atomic mass is 9.99. The lowest BCUT2D eigenvalue weighted by Gasteiger charge is -2.32.